The van der Waals surface area contributed by atoms with Crippen molar-refractivity contribution < 1.29 is 38.1 Å². The van der Waals surface area contributed by atoms with E-state index in [2.05, 4.69) is 0 Å². The highest BCUT2D eigenvalue weighted by Gasteiger charge is 2.36. The van der Waals surface area contributed by atoms with Crippen LogP contribution in [-0.2, 0) is 28.5 Å². The molecule has 0 aromatic carbocycles. The van der Waals surface area contributed by atoms with E-state index in [9.17, 15) is 19.2 Å². The highest BCUT2D eigenvalue weighted by molar-refractivity contribution is 5.75. The molecule has 0 unspecified atom stereocenters. The highest BCUT2D eigenvalue weighted by Crippen LogP contribution is 2.21. The molecule has 0 saturated carbocycles. The smallest absolute Gasteiger partial charge is 0.410 e. The molecule has 208 valence electrons. The van der Waals surface area contributed by atoms with Crippen molar-refractivity contribution in [3.8, 4) is 0 Å². The first-order valence-corrected chi connectivity index (χ1v) is 12.1. The number of nitrogens with zero attached hydrogens (tertiary/aromatic N) is 2. The molecule has 2 rings (SSSR count). The Morgan fingerprint density at radius 2 is 0.944 bits per heavy atom. The molecular formula is C24H44N4O8. The molecule has 12 nitrogen and oxygen atoms in total. The van der Waals surface area contributed by atoms with E-state index in [1.807, 2.05) is 0 Å². The van der Waals surface area contributed by atoms with Crippen LogP contribution in [0.3, 0.4) is 0 Å². The van der Waals surface area contributed by atoms with Crippen LogP contribution in [-0.4, -0.2) is 97.6 Å². The molecule has 2 aliphatic heterocycles. The van der Waals surface area contributed by atoms with Gasteiger partial charge in [0.1, 0.15) is 11.2 Å². The quantitative estimate of drug-likeness (QED) is 0.406. The fraction of sp³-hybridized carbons (Fsp3) is 0.833. The van der Waals surface area contributed by atoms with Crippen LogP contribution in [0.1, 0.15) is 54.4 Å². The van der Waals surface area contributed by atoms with Crippen LogP contribution in [0.2, 0.25) is 0 Å². The second kappa shape index (κ2) is 13.1. The average Bonchev–Trinajstić information content (AvgIpc) is 2.75. The molecular weight excluding hydrogens is 472 g/mol. The summed E-state index contributed by atoms with van der Waals surface area (Å²) >= 11 is 0. The van der Waals surface area contributed by atoms with E-state index >= 15 is 0 Å². The summed E-state index contributed by atoms with van der Waals surface area (Å²) in [6.07, 6.45) is 0.191. The van der Waals surface area contributed by atoms with Gasteiger partial charge in [-0.25, -0.2) is 9.59 Å². The van der Waals surface area contributed by atoms with Gasteiger partial charge < -0.3 is 40.2 Å². The Labute approximate surface area is 213 Å². The summed E-state index contributed by atoms with van der Waals surface area (Å²) in [5.74, 6) is -1.41. The predicted octanol–water partition coefficient (Wildman–Crippen LogP) is 1.49. The lowest BCUT2D eigenvalue weighted by atomic mass is 9.95. The van der Waals surface area contributed by atoms with Crippen molar-refractivity contribution in [3.05, 3.63) is 0 Å². The first kappa shape index (κ1) is 31.4. The van der Waals surface area contributed by atoms with E-state index in [1.54, 1.807) is 41.5 Å². The molecule has 0 aromatic heterocycles. The number of rotatable bonds is 2. The van der Waals surface area contributed by atoms with Gasteiger partial charge in [-0.3, -0.25) is 9.59 Å². The molecule has 2 heterocycles. The summed E-state index contributed by atoms with van der Waals surface area (Å²) in [5.41, 5.74) is 10.6. The van der Waals surface area contributed by atoms with Gasteiger partial charge in [0.2, 0.25) is 0 Å². The van der Waals surface area contributed by atoms with Crippen LogP contribution in [0.25, 0.3) is 0 Å². The van der Waals surface area contributed by atoms with E-state index in [0.29, 0.717) is 39.0 Å². The highest BCUT2D eigenvalue weighted by atomic mass is 16.6. The molecule has 4 atom stereocenters. The van der Waals surface area contributed by atoms with Crippen LogP contribution in [0, 0.1) is 11.8 Å². The third kappa shape index (κ3) is 11.0. The predicted molar refractivity (Wildman–Crippen MR) is 132 cm³/mol. The van der Waals surface area contributed by atoms with Gasteiger partial charge in [-0.05, 0) is 54.4 Å². The van der Waals surface area contributed by atoms with Gasteiger partial charge in [0, 0.05) is 38.3 Å². The third-order valence-corrected chi connectivity index (χ3v) is 5.34. The summed E-state index contributed by atoms with van der Waals surface area (Å²) in [6, 6.07) is -0.453. The maximum atomic E-state index is 11.9. The summed E-state index contributed by atoms with van der Waals surface area (Å²) < 4.78 is 19.9. The van der Waals surface area contributed by atoms with Crippen LogP contribution in [0.15, 0.2) is 0 Å². The van der Waals surface area contributed by atoms with E-state index < -0.39 is 23.4 Å². The summed E-state index contributed by atoms with van der Waals surface area (Å²) in [4.78, 5) is 49.8. The molecule has 0 radical (unpaired) electrons. The van der Waals surface area contributed by atoms with Crippen LogP contribution < -0.4 is 11.5 Å². The molecule has 2 aliphatic rings. The fourth-order valence-corrected chi connectivity index (χ4v) is 3.90. The van der Waals surface area contributed by atoms with Crippen molar-refractivity contribution in [3.63, 3.8) is 0 Å². The van der Waals surface area contributed by atoms with Gasteiger partial charge in [-0.2, -0.15) is 0 Å². The molecule has 0 spiro atoms. The zero-order valence-corrected chi connectivity index (χ0v) is 22.9. The van der Waals surface area contributed by atoms with Gasteiger partial charge in [0.05, 0.1) is 26.1 Å². The summed E-state index contributed by atoms with van der Waals surface area (Å²) in [7, 11) is 2.67. The van der Waals surface area contributed by atoms with E-state index in [0.717, 1.165) is 0 Å². The molecule has 0 aromatic rings. The standard InChI is InChI=1S/2C12H22N2O4/c2*1-12(2,3)18-11(16)14-6-8(10(15)17-4)5-9(13)7-14/h2*8-9H,5-7,13H2,1-4H3/t2*8-,9+/m10/s1. The zero-order valence-electron chi connectivity index (χ0n) is 22.9. The van der Waals surface area contributed by atoms with E-state index in [1.165, 1.54) is 24.0 Å². The lowest BCUT2D eigenvalue weighted by Crippen LogP contribution is -2.52. The second-order valence-electron chi connectivity index (χ2n) is 11.2. The SMILES string of the molecule is COC(=O)[C@@H]1C[C@H](N)CN(C(=O)OC(C)(C)C)C1.COC(=O)[C@H]1C[C@@H](N)CN(C(=O)OC(C)(C)C)C1. The first-order chi connectivity index (χ1) is 16.5. The number of hydrogen-bond acceptors (Lipinski definition) is 10. The van der Waals surface area contributed by atoms with Gasteiger partial charge in [0.25, 0.3) is 0 Å². The maximum absolute atomic E-state index is 11.9. The van der Waals surface area contributed by atoms with Gasteiger partial charge >= 0.3 is 24.1 Å². The Bertz CT molecular complexity index is 713. The molecule has 2 fully saturated rings. The van der Waals surface area contributed by atoms with Crippen molar-refractivity contribution in [2.75, 3.05) is 40.4 Å². The topological polar surface area (TPSA) is 164 Å². The number of piperidine rings is 2. The Balaban J connectivity index is 0.000000360. The van der Waals surface area contributed by atoms with Crippen LogP contribution >= 0.6 is 0 Å². The second-order valence-corrected chi connectivity index (χ2v) is 11.2. The molecule has 0 bridgehead atoms. The zero-order chi connectivity index (χ0) is 27.8. The maximum Gasteiger partial charge on any atom is 0.410 e. The van der Waals surface area contributed by atoms with Gasteiger partial charge in [0.15, 0.2) is 0 Å². The largest absolute Gasteiger partial charge is 0.469 e. The number of carbonyl (C=O) groups excluding carboxylic acids is 4. The molecule has 2 saturated heterocycles. The summed E-state index contributed by atoms with van der Waals surface area (Å²) in [6.45, 7) is 12.2. The fourth-order valence-electron chi connectivity index (χ4n) is 3.90. The van der Waals surface area contributed by atoms with Crippen LogP contribution in [0.4, 0.5) is 9.59 Å². The van der Waals surface area contributed by atoms with Crippen molar-refractivity contribution in [1.29, 1.82) is 0 Å². The number of methoxy groups -OCH3 is 2. The Hall–Kier alpha value is -2.60. The van der Waals surface area contributed by atoms with Crippen molar-refractivity contribution in [2.45, 2.75) is 77.7 Å². The van der Waals surface area contributed by atoms with E-state index in [-0.39, 0.29) is 35.9 Å². The first-order valence-electron chi connectivity index (χ1n) is 12.1. The number of nitrogens with two attached hydrogens (primary N) is 2. The Morgan fingerprint density at radius 1 is 0.639 bits per heavy atom. The minimum atomic E-state index is -0.556. The lowest BCUT2D eigenvalue weighted by Gasteiger charge is -2.35. The Kier molecular flexibility index (Phi) is 11.4. The Morgan fingerprint density at radius 3 is 1.19 bits per heavy atom. The number of hydrogen-bond donors (Lipinski definition) is 2. The molecule has 12 heteroatoms. The minimum Gasteiger partial charge on any atom is -0.469 e. The molecule has 0 aliphatic carbocycles. The van der Waals surface area contributed by atoms with Crippen LogP contribution in [0.5, 0.6) is 0 Å². The van der Waals surface area contributed by atoms with Crippen molar-refractivity contribution in [2.24, 2.45) is 23.3 Å². The number of esters is 2. The third-order valence-electron chi connectivity index (χ3n) is 5.34. The minimum absolute atomic E-state index is 0.227. The van der Waals surface area contributed by atoms with Crippen molar-refractivity contribution >= 4 is 24.1 Å². The number of likely N-dealkylation sites (tertiary alicyclic amines) is 2. The molecule has 4 N–H and O–H groups in total. The monoisotopic (exact) mass is 516 g/mol. The average molecular weight is 517 g/mol. The van der Waals surface area contributed by atoms with Gasteiger partial charge in [-0.1, -0.05) is 0 Å². The van der Waals surface area contributed by atoms with E-state index in [4.69, 9.17) is 30.4 Å². The number of carbonyl (C=O) groups is 4. The van der Waals surface area contributed by atoms with Crippen molar-refractivity contribution in [1.82, 2.24) is 9.80 Å². The number of ether oxygens (including phenoxy) is 4. The number of amides is 2. The van der Waals surface area contributed by atoms with Gasteiger partial charge in [-0.15, -0.1) is 0 Å². The lowest BCUT2D eigenvalue weighted by molar-refractivity contribution is -0.148. The summed E-state index contributed by atoms with van der Waals surface area (Å²) in [5, 5.41) is 0. The molecule has 36 heavy (non-hydrogen) atoms. The molecule has 2 amide bonds. The normalized spacial score (nSPS) is 24.6.